The highest BCUT2D eigenvalue weighted by Gasteiger charge is 2.39. The van der Waals surface area contributed by atoms with Crippen LogP contribution in [0.5, 0.6) is 11.5 Å². The Kier molecular flexibility index (Phi) is 7.06. The number of carbonyl (C=O) groups excluding carboxylic acids is 2. The number of anilines is 1. The summed E-state index contributed by atoms with van der Waals surface area (Å²) in [7, 11) is 0. The first-order valence-corrected chi connectivity index (χ1v) is 10.3. The van der Waals surface area contributed by atoms with E-state index in [9.17, 15) is 27.2 Å². The summed E-state index contributed by atoms with van der Waals surface area (Å²) < 4.78 is 65.7. The van der Waals surface area contributed by atoms with E-state index in [-0.39, 0.29) is 28.4 Å². The van der Waals surface area contributed by atoms with Crippen LogP contribution in [-0.2, 0) is 16.0 Å². The van der Waals surface area contributed by atoms with Crippen molar-refractivity contribution in [3.63, 3.8) is 0 Å². The second-order valence-corrected chi connectivity index (χ2v) is 8.71. The van der Waals surface area contributed by atoms with Gasteiger partial charge in [0.15, 0.2) is 11.6 Å². The van der Waals surface area contributed by atoms with Crippen molar-refractivity contribution in [2.24, 2.45) is 0 Å². The molecule has 0 aromatic heterocycles. The van der Waals surface area contributed by atoms with E-state index in [0.29, 0.717) is 4.90 Å². The molecule has 2 aromatic carbocycles. The summed E-state index contributed by atoms with van der Waals surface area (Å²) >= 11 is 5.99. The van der Waals surface area contributed by atoms with Crippen molar-refractivity contribution in [2.45, 2.75) is 45.3 Å². The lowest BCUT2D eigenvalue weighted by molar-refractivity contribution is -0.121. The standard InChI is InChI=1S/C22H21ClF4N2O4/c1-22(2,3)33-21(31)28-15-8-11-4-7-14(25)19(18(11)29(20(15)30)10-17(26)27)32-16-9-12(24)5-6-13(16)23/h4-7,9,15,17H,8,10H2,1-3H3,(H,28,31)/t15-/m1/s1. The van der Waals surface area contributed by atoms with E-state index in [4.69, 9.17) is 21.1 Å². The number of benzene rings is 2. The summed E-state index contributed by atoms with van der Waals surface area (Å²) in [4.78, 5) is 25.8. The monoisotopic (exact) mass is 488 g/mol. The van der Waals surface area contributed by atoms with Crippen LogP contribution in [0.2, 0.25) is 5.02 Å². The molecular weight excluding hydrogens is 468 g/mol. The van der Waals surface area contributed by atoms with E-state index in [0.717, 1.165) is 18.2 Å². The molecule has 0 saturated heterocycles. The van der Waals surface area contributed by atoms with Gasteiger partial charge in [0.1, 0.15) is 23.2 Å². The molecular formula is C22H21ClF4N2O4. The van der Waals surface area contributed by atoms with E-state index < -0.39 is 54.0 Å². The Balaban J connectivity index is 2.02. The van der Waals surface area contributed by atoms with Crippen molar-refractivity contribution in [1.29, 1.82) is 0 Å². The molecule has 11 heteroatoms. The fourth-order valence-corrected chi connectivity index (χ4v) is 3.45. The first-order chi connectivity index (χ1) is 15.4. The van der Waals surface area contributed by atoms with E-state index in [1.165, 1.54) is 12.1 Å². The first kappa shape index (κ1) is 24.6. The molecule has 1 heterocycles. The number of rotatable bonds is 5. The summed E-state index contributed by atoms with van der Waals surface area (Å²) in [6.45, 7) is 3.78. The lowest BCUT2D eigenvalue weighted by Crippen LogP contribution is -2.54. The van der Waals surface area contributed by atoms with Gasteiger partial charge in [-0.2, -0.15) is 0 Å². The topological polar surface area (TPSA) is 67.9 Å². The van der Waals surface area contributed by atoms with E-state index in [1.807, 2.05) is 0 Å². The highest BCUT2D eigenvalue weighted by Crippen LogP contribution is 2.43. The Morgan fingerprint density at radius 2 is 1.94 bits per heavy atom. The molecule has 1 aliphatic heterocycles. The smallest absolute Gasteiger partial charge is 0.408 e. The lowest BCUT2D eigenvalue weighted by Gasteiger charge is -2.35. The Morgan fingerprint density at radius 3 is 2.58 bits per heavy atom. The molecule has 0 saturated carbocycles. The number of fused-ring (bicyclic) bond motifs is 1. The van der Waals surface area contributed by atoms with Crippen LogP contribution in [0.15, 0.2) is 30.3 Å². The third-order valence-electron chi connectivity index (χ3n) is 4.54. The number of nitrogens with one attached hydrogen (secondary N) is 1. The number of hydrogen-bond donors (Lipinski definition) is 1. The second kappa shape index (κ2) is 9.46. The minimum Gasteiger partial charge on any atom is -0.450 e. The van der Waals surface area contributed by atoms with Crippen molar-refractivity contribution in [2.75, 3.05) is 11.4 Å². The molecule has 0 bridgehead atoms. The van der Waals surface area contributed by atoms with Gasteiger partial charge in [0.2, 0.25) is 5.91 Å². The predicted octanol–water partition coefficient (Wildman–Crippen LogP) is 5.46. The third-order valence-corrected chi connectivity index (χ3v) is 4.85. The molecule has 3 rings (SSSR count). The predicted molar refractivity (Wildman–Crippen MR) is 113 cm³/mol. The summed E-state index contributed by atoms with van der Waals surface area (Å²) in [6.07, 6.45) is -4.02. The number of nitrogens with zero attached hydrogens (tertiary/aromatic N) is 1. The van der Waals surface area contributed by atoms with Gasteiger partial charge in [-0.05, 0) is 44.5 Å². The highest BCUT2D eigenvalue weighted by molar-refractivity contribution is 6.32. The third kappa shape index (κ3) is 5.87. The molecule has 0 spiro atoms. The quantitative estimate of drug-likeness (QED) is 0.568. The fraction of sp³-hybridized carbons (Fsp3) is 0.364. The van der Waals surface area contributed by atoms with Gasteiger partial charge in [-0.1, -0.05) is 17.7 Å². The van der Waals surface area contributed by atoms with Gasteiger partial charge in [0.25, 0.3) is 6.43 Å². The van der Waals surface area contributed by atoms with Crippen molar-refractivity contribution in [1.82, 2.24) is 5.32 Å². The second-order valence-electron chi connectivity index (χ2n) is 8.30. The van der Waals surface area contributed by atoms with Crippen LogP contribution in [0, 0.1) is 11.6 Å². The molecule has 0 unspecified atom stereocenters. The molecule has 6 nitrogen and oxygen atoms in total. The Morgan fingerprint density at radius 1 is 1.24 bits per heavy atom. The molecule has 2 amide bonds. The zero-order valence-corrected chi connectivity index (χ0v) is 18.7. The van der Waals surface area contributed by atoms with Crippen LogP contribution in [0.1, 0.15) is 26.3 Å². The number of alkyl carbamates (subject to hydrolysis) is 1. The van der Waals surface area contributed by atoms with Gasteiger partial charge in [-0.3, -0.25) is 4.79 Å². The van der Waals surface area contributed by atoms with Gasteiger partial charge in [-0.15, -0.1) is 0 Å². The zero-order chi connectivity index (χ0) is 24.5. The molecule has 33 heavy (non-hydrogen) atoms. The van der Waals surface area contributed by atoms with Crippen molar-refractivity contribution in [3.8, 4) is 11.5 Å². The van der Waals surface area contributed by atoms with E-state index >= 15 is 0 Å². The molecule has 1 aliphatic rings. The average Bonchev–Trinajstić information content (AvgIpc) is 2.68. The fourth-order valence-electron chi connectivity index (χ4n) is 3.30. The maximum Gasteiger partial charge on any atom is 0.408 e. The van der Waals surface area contributed by atoms with E-state index in [2.05, 4.69) is 5.32 Å². The summed E-state index contributed by atoms with van der Waals surface area (Å²) in [6, 6.07) is 4.22. The largest absolute Gasteiger partial charge is 0.450 e. The van der Waals surface area contributed by atoms with Crippen molar-refractivity contribution < 1.29 is 36.6 Å². The number of carbonyl (C=O) groups is 2. The van der Waals surface area contributed by atoms with Gasteiger partial charge in [0.05, 0.1) is 17.3 Å². The molecule has 0 aliphatic carbocycles. The molecule has 1 N–H and O–H groups in total. The molecule has 178 valence electrons. The summed E-state index contributed by atoms with van der Waals surface area (Å²) in [5, 5.41) is 2.31. The SMILES string of the molecule is CC(C)(C)OC(=O)N[C@@H]1Cc2ccc(F)c(Oc3cc(F)ccc3Cl)c2N(CC(F)F)C1=O. The molecule has 1 atom stereocenters. The summed E-state index contributed by atoms with van der Waals surface area (Å²) in [5.41, 5.74) is -0.848. The van der Waals surface area contributed by atoms with Crippen molar-refractivity contribution >= 4 is 29.3 Å². The van der Waals surface area contributed by atoms with E-state index in [1.54, 1.807) is 20.8 Å². The Hall–Kier alpha value is -3.01. The van der Waals surface area contributed by atoms with Crippen LogP contribution in [0.3, 0.4) is 0 Å². The number of hydrogen-bond acceptors (Lipinski definition) is 4. The Bertz CT molecular complexity index is 1080. The number of halogens is 5. The highest BCUT2D eigenvalue weighted by atomic mass is 35.5. The number of alkyl halides is 2. The maximum absolute atomic E-state index is 14.7. The summed E-state index contributed by atoms with van der Waals surface area (Å²) in [5.74, 6) is -3.43. The number of amides is 2. The average molecular weight is 489 g/mol. The van der Waals surface area contributed by atoms with Gasteiger partial charge >= 0.3 is 6.09 Å². The maximum atomic E-state index is 14.7. The molecule has 0 radical (unpaired) electrons. The lowest BCUT2D eigenvalue weighted by atomic mass is 9.96. The van der Waals surface area contributed by atoms with Crippen molar-refractivity contribution in [3.05, 3.63) is 52.6 Å². The molecule has 2 aromatic rings. The van der Waals surface area contributed by atoms with Gasteiger partial charge in [0, 0.05) is 12.5 Å². The number of ether oxygens (including phenoxy) is 2. The van der Waals surface area contributed by atoms with Crippen LogP contribution in [0.4, 0.5) is 28.0 Å². The van der Waals surface area contributed by atoms with Crippen LogP contribution in [0.25, 0.3) is 0 Å². The first-order valence-electron chi connectivity index (χ1n) is 9.89. The van der Waals surface area contributed by atoms with Gasteiger partial charge in [-0.25, -0.2) is 22.4 Å². The van der Waals surface area contributed by atoms with Crippen LogP contribution in [-0.4, -0.2) is 36.6 Å². The molecule has 0 fully saturated rings. The minimum absolute atomic E-state index is 0.0552. The Labute approximate surface area is 192 Å². The zero-order valence-electron chi connectivity index (χ0n) is 17.9. The normalized spacial score (nSPS) is 16.0. The van der Waals surface area contributed by atoms with Gasteiger partial charge < -0.3 is 19.7 Å². The van der Waals surface area contributed by atoms with Crippen LogP contribution >= 0.6 is 11.6 Å². The minimum atomic E-state index is -2.98. The van der Waals surface area contributed by atoms with Crippen LogP contribution < -0.4 is 15.0 Å².